The topological polar surface area (TPSA) is 26.3 Å². The van der Waals surface area contributed by atoms with Crippen LogP contribution in [-0.2, 0) is 4.43 Å². The summed E-state index contributed by atoms with van der Waals surface area (Å²) < 4.78 is 4.16. The molecule has 0 saturated carbocycles. The predicted octanol–water partition coefficient (Wildman–Crippen LogP) is 0.517. The van der Waals surface area contributed by atoms with Crippen LogP contribution in [0.4, 0.5) is 4.79 Å². The molecule has 0 unspecified atom stereocenters. The Morgan fingerprint density at radius 1 is 1.83 bits per heavy atom. The summed E-state index contributed by atoms with van der Waals surface area (Å²) in [6, 6.07) is 0. The highest BCUT2D eigenvalue weighted by atomic mass is 32.3. The third-order valence-electron chi connectivity index (χ3n) is 0.133. The zero-order valence-corrected chi connectivity index (χ0v) is 5.50. The van der Waals surface area contributed by atoms with Crippen LogP contribution >= 0.6 is 24.7 Å². The average Bonchev–Trinajstić information content (AvgIpc) is 1.35. The Morgan fingerprint density at radius 3 is 2.33 bits per heavy atom. The first-order chi connectivity index (χ1) is 2.77. The van der Waals surface area contributed by atoms with E-state index >= 15 is 0 Å². The van der Waals surface area contributed by atoms with Crippen molar-refractivity contribution in [3.05, 3.63) is 0 Å². The largest absolute Gasteiger partial charge is 0.497 e. The molecule has 0 rings (SSSR count). The Morgan fingerprint density at radius 2 is 2.33 bits per heavy atom. The van der Waals surface area contributed by atoms with Gasteiger partial charge in [0.05, 0.1) is 0 Å². The second-order valence-electron chi connectivity index (χ2n) is 0.459. The van der Waals surface area contributed by atoms with Crippen LogP contribution in [0.25, 0.3) is 0 Å². The van der Waals surface area contributed by atoms with Crippen LogP contribution in [0, 0.1) is 0 Å². The first kappa shape index (κ1) is 6.39. The summed E-state index contributed by atoms with van der Waals surface area (Å²) in [6.07, 6.45) is 0. The summed E-state index contributed by atoms with van der Waals surface area (Å²) in [7, 11) is -0.0934. The molecule has 0 heterocycles. The second kappa shape index (κ2) is 3.57. The van der Waals surface area contributed by atoms with Gasteiger partial charge in [-0.25, -0.2) is 4.79 Å². The number of carbonyl (C=O) groups is 1. The molecule has 0 saturated heterocycles. The van der Waals surface area contributed by atoms with Gasteiger partial charge in [0.25, 0.3) is 0 Å². The molecule has 0 aromatic rings. The molecule has 2 radical (unpaired) electrons. The lowest BCUT2D eigenvalue weighted by molar-refractivity contribution is 0.231. The highest BCUT2D eigenvalue weighted by molar-refractivity contribution is 8.06. The fourth-order valence-electron chi connectivity index (χ4n) is 0.0390. The van der Waals surface area contributed by atoms with Gasteiger partial charge in [0.1, 0.15) is 0 Å². The van der Waals surface area contributed by atoms with E-state index in [2.05, 4.69) is 29.1 Å². The van der Waals surface area contributed by atoms with Crippen LogP contribution in [-0.4, -0.2) is 14.2 Å². The lowest BCUT2D eigenvalue weighted by Crippen LogP contribution is -1.91. The molecular formula is CH2O2S2Si. The van der Waals surface area contributed by atoms with Crippen molar-refractivity contribution in [1.29, 1.82) is 0 Å². The first-order valence-corrected chi connectivity index (χ1v) is 3.70. The maximum Gasteiger partial charge on any atom is 0.395 e. The first-order valence-electron chi connectivity index (χ1n) is 1.06. The number of carbonyl (C=O) groups excluding carboxylic acids is 1. The molecule has 0 amide bonds. The molecule has 0 fully saturated rings. The minimum atomic E-state index is -0.580. The molecule has 0 bridgehead atoms. The molecule has 0 aromatic heterocycles. The van der Waals surface area contributed by atoms with Crippen molar-refractivity contribution in [2.45, 2.75) is 0 Å². The van der Waals surface area contributed by atoms with Crippen molar-refractivity contribution in [2.24, 2.45) is 0 Å². The summed E-state index contributed by atoms with van der Waals surface area (Å²) in [5, 5.41) is -0.580. The van der Waals surface area contributed by atoms with E-state index < -0.39 is 5.30 Å². The number of rotatable bonds is 1. The van der Waals surface area contributed by atoms with Crippen molar-refractivity contribution in [2.75, 3.05) is 0 Å². The summed E-state index contributed by atoms with van der Waals surface area (Å²) in [5.74, 6) is 0. The van der Waals surface area contributed by atoms with Crippen LogP contribution in [0.15, 0.2) is 0 Å². The lowest BCUT2D eigenvalue weighted by Gasteiger charge is -1.85. The van der Waals surface area contributed by atoms with Gasteiger partial charge in [-0.2, -0.15) is 12.1 Å². The van der Waals surface area contributed by atoms with Gasteiger partial charge in [-0.1, -0.05) is 12.6 Å². The molecule has 0 atom stereocenters. The van der Waals surface area contributed by atoms with Gasteiger partial charge in [0, 0.05) is 0 Å². The maximum atomic E-state index is 9.64. The third-order valence-corrected chi connectivity index (χ3v) is 0.947. The normalized spacial score (nSPS) is 7.67. The van der Waals surface area contributed by atoms with Crippen molar-refractivity contribution in [3.63, 3.8) is 0 Å². The van der Waals surface area contributed by atoms with Gasteiger partial charge in [-0.05, 0) is 0 Å². The van der Waals surface area contributed by atoms with Crippen LogP contribution in [0.5, 0.6) is 0 Å². The van der Waals surface area contributed by atoms with Gasteiger partial charge < -0.3 is 4.43 Å². The van der Waals surface area contributed by atoms with E-state index in [1.807, 2.05) is 0 Å². The molecule has 0 spiro atoms. The molecule has 0 aliphatic heterocycles. The Hall–Kier alpha value is 0.387. The Balaban J connectivity index is 2.83. The molecule has 0 aliphatic carbocycles. The van der Waals surface area contributed by atoms with E-state index in [4.69, 9.17) is 0 Å². The molecule has 6 heavy (non-hydrogen) atoms. The van der Waals surface area contributed by atoms with Crippen molar-refractivity contribution in [3.8, 4) is 0 Å². The minimum Gasteiger partial charge on any atom is -0.497 e. The Labute approximate surface area is 48.7 Å². The van der Waals surface area contributed by atoms with Crippen LogP contribution < -0.4 is 0 Å². The SMILES string of the molecule is O=C(S)O[Si]S. The van der Waals surface area contributed by atoms with E-state index in [9.17, 15) is 4.79 Å². The number of hydrogen-bond donors (Lipinski definition) is 2. The van der Waals surface area contributed by atoms with E-state index in [0.29, 0.717) is 0 Å². The quantitative estimate of drug-likeness (QED) is 0.408. The smallest absolute Gasteiger partial charge is 0.395 e. The molecule has 5 heteroatoms. The standard InChI is InChI=1S/CH2O2S2Si/c2-1(4)3-6-5/h5H,(H,2,4). The lowest BCUT2D eigenvalue weighted by atomic mass is 11.6. The fourth-order valence-corrected chi connectivity index (χ4v) is 0.719. The molecular weight excluding hydrogens is 136 g/mol. The van der Waals surface area contributed by atoms with E-state index in [1.54, 1.807) is 0 Å². The van der Waals surface area contributed by atoms with E-state index in [-0.39, 0.29) is 8.91 Å². The zero-order chi connectivity index (χ0) is 4.99. The van der Waals surface area contributed by atoms with E-state index in [0.717, 1.165) is 0 Å². The minimum absolute atomic E-state index is 0.0934. The highest BCUT2D eigenvalue weighted by Gasteiger charge is 1.86. The Bertz CT molecular complexity index is 55.5. The van der Waals surface area contributed by atoms with Crippen molar-refractivity contribution in [1.82, 2.24) is 0 Å². The molecule has 0 aliphatic rings. The summed E-state index contributed by atoms with van der Waals surface area (Å²) in [4.78, 5) is 9.64. The summed E-state index contributed by atoms with van der Waals surface area (Å²) >= 11 is 6.87. The van der Waals surface area contributed by atoms with Crippen LogP contribution in [0.3, 0.4) is 0 Å². The predicted molar refractivity (Wildman–Crippen MR) is 30.2 cm³/mol. The monoisotopic (exact) mass is 138 g/mol. The van der Waals surface area contributed by atoms with Gasteiger partial charge in [-0.15, -0.1) is 0 Å². The molecule has 0 N–H and O–H groups in total. The van der Waals surface area contributed by atoms with Crippen LogP contribution in [0.1, 0.15) is 0 Å². The average molecular weight is 138 g/mol. The molecule has 2 nitrogen and oxygen atoms in total. The van der Waals surface area contributed by atoms with Gasteiger partial charge in [0.15, 0.2) is 0 Å². The van der Waals surface area contributed by atoms with Crippen LogP contribution in [0.2, 0.25) is 0 Å². The summed E-state index contributed by atoms with van der Waals surface area (Å²) in [6.45, 7) is 0. The second-order valence-corrected chi connectivity index (χ2v) is 1.76. The Kier molecular flexibility index (Phi) is 3.80. The molecule has 0 aromatic carbocycles. The third kappa shape index (κ3) is 4.39. The van der Waals surface area contributed by atoms with Gasteiger partial charge in [0.2, 0.25) is 0 Å². The van der Waals surface area contributed by atoms with E-state index in [1.165, 1.54) is 0 Å². The zero-order valence-electron chi connectivity index (χ0n) is 2.71. The van der Waals surface area contributed by atoms with Gasteiger partial charge >= 0.3 is 14.2 Å². The summed E-state index contributed by atoms with van der Waals surface area (Å²) in [5.41, 5.74) is 0. The van der Waals surface area contributed by atoms with Gasteiger partial charge in [-0.3, -0.25) is 0 Å². The maximum absolute atomic E-state index is 9.64. The fraction of sp³-hybridized carbons (Fsp3) is 0. The number of hydrogen-bond acceptors (Lipinski definition) is 3. The highest BCUT2D eigenvalue weighted by Crippen LogP contribution is 1.82. The molecule has 34 valence electrons. The van der Waals surface area contributed by atoms with Crippen molar-refractivity contribution >= 4 is 38.9 Å². The van der Waals surface area contributed by atoms with Crippen molar-refractivity contribution < 1.29 is 9.22 Å². The number of thiol groups is 2.